The Morgan fingerprint density at radius 2 is 2.00 bits per heavy atom. The molecule has 0 aliphatic carbocycles. The summed E-state index contributed by atoms with van der Waals surface area (Å²) in [6.45, 7) is 1.32. The van der Waals surface area contributed by atoms with Crippen LogP contribution in [-0.2, 0) is 4.79 Å². The number of nitrogens with one attached hydrogen (secondary N) is 2. The quantitative estimate of drug-likeness (QED) is 0.753. The zero-order valence-electron chi connectivity index (χ0n) is 11.1. The number of hydrogen-bond acceptors (Lipinski definition) is 2. The molecular weight excluding hydrogens is 402 g/mol. The van der Waals surface area contributed by atoms with Crippen molar-refractivity contribution in [1.82, 2.24) is 15.2 Å². The Bertz CT molecular complexity index is 726. The molecule has 110 valence electrons. The number of aromatic nitrogens is 1. The lowest BCUT2D eigenvalue weighted by Gasteiger charge is -2.18. The SMILES string of the molecule is O=C1CN(C(=O)c2c[nH]c3cc(Br)c(Br)cc23)CCCN1. The number of H-pyrrole nitrogens is 1. The molecule has 2 amide bonds. The van der Waals surface area contributed by atoms with Gasteiger partial charge in [-0.15, -0.1) is 0 Å². The normalized spacial score (nSPS) is 15.9. The van der Waals surface area contributed by atoms with Crippen LogP contribution in [0.1, 0.15) is 16.8 Å². The highest BCUT2D eigenvalue weighted by molar-refractivity contribution is 9.13. The van der Waals surface area contributed by atoms with Gasteiger partial charge >= 0.3 is 0 Å². The Morgan fingerprint density at radius 3 is 2.81 bits per heavy atom. The topological polar surface area (TPSA) is 65.2 Å². The monoisotopic (exact) mass is 413 g/mol. The molecule has 0 saturated carbocycles. The molecule has 3 rings (SSSR count). The van der Waals surface area contributed by atoms with Gasteiger partial charge in [-0.3, -0.25) is 9.59 Å². The summed E-state index contributed by atoms with van der Waals surface area (Å²) in [5.74, 6) is -0.225. The second kappa shape index (κ2) is 5.81. The van der Waals surface area contributed by atoms with Crippen LogP contribution in [0.2, 0.25) is 0 Å². The lowest BCUT2D eigenvalue weighted by Crippen LogP contribution is -2.37. The predicted molar refractivity (Wildman–Crippen MR) is 87.2 cm³/mol. The number of fused-ring (bicyclic) bond motifs is 1. The standard InChI is InChI=1S/C14H13Br2N3O2/c15-10-4-8-9(6-18-12(8)5-11(10)16)14(21)19-3-1-2-17-13(20)7-19/h4-6,18H,1-3,7H2,(H,17,20). The molecule has 0 unspecified atom stereocenters. The van der Waals surface area contributed by atoms with Gasteiger partial charge in [0.25, 0.3) is 5.91 Å². The molecule has 0 atom stereocenters. The Hall–Kier alpha value is -1.34. The van der Waals surface area contributed by atoms with Gasteiger partial charge in [0.05, 0.1) is 12.1 Å². The number of carbonyl (C=O) groups excluding carboxylic acids is 2. The molecular formula is C14H13Br2N3O2. The molecule has 1 saturated heterocycles. The van der Waals surface area contributed by atoms with Gasteiger partial charge in [-0.25, -0.2) is 0 Å². The number of benzene rings is 1. The molecule has 1 aliphatic rings. The molecule has 2 N–H and O–H groups in total. The Morgan fingerprint density at radius 1 is 1.24 bits per heavy atom. The number of nitrogens with zero attached hydrogens (tertiary/aromatic N) is 1. The molecule has 1 fully saturated rings. The smallest absolute Gasteiger partial charge is 0.256 e. The van der Waals surface area contributed by atoms with Crippen molar-refractivity contribution in [3.05, 3.63) is 32.8 Å². The van der Waals surface area contributed by atoms with E-state index in [1.807, 2.05) is 12.1 Å². The van der Waals surface area contributed by atoms with E-state index in [0.29, 0.717) is 18.7 Å². The van der Waals surface area contributed by atoms with Gasteiger partial charge < -0.3 is 15.2 Å². The van der Waals surface area contributed by atoms with Gasteiger partial charge in [-0.1, -0.05) is 0 Å². The van der Waals surface area contributed by atoms with Crippen LogP contribution in [0.15, 0.2) is 27.3 Å². The lowest BCUT2D eigenvalue weighted by molar-refractivity contribution is -0.121. The molecule has 1 aromatic heterocycles. The van der Waals surface area contributed by atoms with Gasteiger partial charge in [0.15, 0.2) is 0 Å². The third-order valence-electron chi connectivity index (χ3n) is 3.50. The lowest BCUT2D eigenvalue weighted by atomic mass is 10.1. The second-order valence-electron chi connectivity index (χ2n) is 4.94. The largest absolute Gasteiger partial charge is 0.360 e. The Balaban J connectivity index is 1.97. The third-order valence-corrected chi connectivity index (χ3v) is 5.35. The number of rotatable bonds is 1. The number of amides is 2. The summed E-state index contributed by atoms with van der Waals surface area (Å²) in [6.07, 6.45) is 2.48. The van der Waals surface area contributed by atoms with Crippen molar-refractivity contribution < 1.29 is 9.59 Å². The third kappa shape index (κ3) is 2.85. The van der Waals surface area contributed by atoms with Crippen LogP contribution >= 0.6 is 31.9 Å². The fourth-order valence-electron chi connectivity index (χ4n) is 2.44. The molecule has 2 aromatic rings. The van der Waals surface area contributed by atoms with Crippen LogP contribution in [-0.4, -0.2) is 41.3 Å². The van der Waals surface area contributed by atoms with Crippen molar-refractivity contribution in [3.8, 4) is 0 Å². The highest BCUT2D eigenvalue weighted by Crippen LogP contribution is 2.30. The molecule has 21 heavy (non-hydrogen) atoms. The first-order valence-electron chi connectivity index (χ1n) is 6.58. The number of carbonyl (C=O) groups is 2. The Kier molecular flexibility index (Phi) is 4.03. The molecule has 2 heterocycles. The molecule has 5 nitrogen and oxygen atoms in total. The summed E-state index contributed by atoms with van der Waals surface area (Å²) < 4.78 is 1.81. The van der Waals surface area contributed by atoms with Gasteiger partial charge in [-0.05, 0) is 50.4 Å². The van der Waals surface area contributed by atoms with E-state index in [0.717, 1.165) is 26.3 Å². The Labute approximate surface area is 138 Å². The molecule has 0 radical (unpaired) electrons. The van der Waals surface area contributed by atoms with Crippen LogP contribution in [0.5, 0.6) is 0 Å². The molecule has 7 heteroatoms. The fraction of sp³-hybridized carbons (Fsp3) is 0.286. The minimum atomic E-state index is -0.118. The summed E-state index contributed by atoms with van der Waals surface area (Å²) >= 11 is 6.89. The molecule has 1 aliphatic heterocycles. The first-order valence-corrected chi connectivity index (χ1v) is 8.17. The number of halogens is 2. The molecule has 0 bridgehead atoms. The van der Waals surface area contributed by atoms with Crippen molar-refractivity contribution in [2.75, 3.05) is 19.6 Å². The summed E-state index contributed by atoms with van der Waals surface area (Å²) in [6, 6.07) is 3.83. The van der Waals surface area contributed by atoms with E-state index in [9.17, 15) is 9.59 Å². The van der Waals surface area contributed by atoms with Crippen molar-refractivity contribution in [1.29, 1.82) is 0 Å². The minimum absolute atomic E-state index is 0.107. The average Bonchev–Trinajstić information content (AvgIpc) is 2.71. The summed E-state index contributed by atoms with van der Waals surface area (Å²) in [5, 5.41) is 3.62. The van der Waals surface area contributed by atoms with E-state index < -0.39 is 0 Å². The van der Waals surface area contributed by atoms with E-state index >= 15 is 0 Å². The maximum atomic E-state index is 12.7. The van der Waals surface area contributed by atoms with Crippen molar-refractivity contribution in [2.24, 2.45) is 0 Å². The maximum Gasteiger partial charge on any atom is 0.256 e. The van der Waals surface area contributed by atoms with Crippen molar-refractivity contribution in [2.45, 2.75) is 6.42 Å². The van der Waals surface area contributed by atoms with Gasteiger partial charge in [0, 0.05) is 39.1 Å². The van der Waals surface area contributed by atoms with Gasteiger partial charge in [-0.2, -0.15) is 0 Å². The zero-order valence-corrected chi connectivity index (χ0v) is 14.3. The fourth-order valence-corrected chi connectivity index (χ4v) is 3.13. The average molecular weight is 415 g/mol. The van der Waals surface area contributed by atoms with E-state index in [1.54, 1.807) is 11.1 Å². The highest BCUT2D eigenvalue weighted by atomic mass is 79.9. The summed E-state index contributed by atoms with van der Waals surface area (Å²) in [7, 11) is 0. The zero-order chi connectivity index (χ0) is 15.0. The summed E-state index contributed by atoms with van der Waals surface area (Å²) in [5.41, 5.74) is 1.47. The number of aromatic amines is 1. The summed E-state index contributed by atoms with van der Waals surface area (Å²) in [4.78, 5) is 29.0. The van der Waals surface area contributed by atoms with Gasteiger partial charge in [0.2, 0.25) is 5.91 Å². The van der Waals surface area contributed by atoms with E-state index in [1.165, 1.54) is 0 Å². The van der Waals surface area contributed by atoms with Crippen LogP contribution in [0, 0.1) is 0 Å². The highest BCUT2D eigenvalue weighted by Gasteiger charge is 2.23. The van der Waals surface area contributed by atoms with Crippen LogP contribution in [0.25, 0.3) is 10.9 Å². The van der Waals surface area contributed by atoms with E-state index in [4.69, 9.17) is 0 Å². The van der Waals surface area contributed by atoms with Gasteiger partial charge in [0.1, 0.15) is 0 Å². The first kappa shape index (κ1) is 14.6. The van der Waals surface area contributed by atoms with Crippen molar-refractivity contribution >= 4 is 54.6 Å². The second-order valence-corrected chi connectivity index (χ2v) is 6.65. The molecule has 1 aromatic carbocycles. The van der Waals surface area contributed by atoms with E-state index in [2.05, 4.69) is 42.2 Å². The first-order chi connectivity index (χ1) is 10.1. The molecule has 0 spiro atoms. The van der Waals surface area contributed by atoms with Crippen LogP contribution in [0.3, 0.4) is 0 Å². The minimum Gasteiger partial charge on any atom is -0.360 e. The van der Waals surface area contributed by atoms with Crippen molar-refractivity contribution in [3.63, 3.8) is 0 Å². The maximum absolute atomic E-state index is 12.7. The number of hydrogen-bond donors (Lipinski definition) is 2. The van der Waals surface area contributed by atoms with Crippen LogP contribution < -0.4 is 5.32 Å². The van der Waals surface area contributed by atoms with E-state index in [-0.39, 0.29) is 18.4 Å². The van der Waals surface area contributed by atoms with Crippen LogP contribution in [0.4, 0.5) is 0 Å². The predicted octanol–water partition coefficient (Wildman–Crippen LogP) is 2.66.